The van der Waals surface area contributed by atoms with Crippen LogP contribution in [0.1, 0.15) is 20.7 Å². The molecule has 0 saturated heterocycles. The molecule has 0 aliphatic heterocycles. The molecule has 0 aliphatic rings. The van der Waals surface area contributed by atoms with Gasteiger partial charge in [0.1, 0.15) is 5.75 Å². The molecule has 5 aromatic carbocycles. The standard InChI is InChI=1S/C30H21BrN2O6S/c31-21-15-16-22-20(17-21)5-3-8-25(22)39-26-9-4-7-24(30(35)36)28(26)33-29(34)19-13-11-18(12-14-19)23-6-1-2-10-27(23)40(32,37)38/h1-17H,(H,33,34)(H,35,36)(H2,32,37,38). The number of carbonyl (C=O) groups excluding carboxylic acids is 1. The predicted molar refractivity (Wildman–Crippen MR) is 156 cm³/mol. The number of nitrogens with one attached hydrogen (secondary N) is 1. The van der Waals surface area contributed by atoms with Crippen LogP contribution >= 0.6 is 15.9 Å². The van der Waals surface area contributed by atoms with Gasteiger partial charge in [0, 0.05) is 21.0 Å². The van der Waals surface area contributed by atoms with Gasteiger partial charge >= 0.3 is 5.97 Å². The van der Waals surface area contributed by atoms with Crippen LogP contribution in [-0.2, 0) is 10.0 Å². The fourth-order valence-corrected chi connectivity index (χ4v) is 5.44. The van der Waals surface area contributed by atoms with Gasteiger partial charge in [-0.25, -0.2) is 18.4 Å². The summed E-state index contributed by atoms with van der Waals surface area (Å²) < 4.78 is 31.0. The Morgan fingerprint density at radius 1 is 0.825 bits per heavy atom. The van der Waals surface area contributed by atoms with E-state index in [2.05, 4.69) is 21.2 Å². The summed E-state index contributed by atoms with van der Waals surface area (Å²) in [5.41, 5.74) is 1.01. The summed E-state index contributed by atoms with van der Waals surface area (Å²) in [6.45, 7) is 0. The van der Waals surface area contributed by atoms with Gasteiger partial charge in [0.05, 0.1) is 16.1 Å². The van der Waals surface area contributed by atoms with E-state index in [-0.39, 0.29) is 27.5 Å². The summed E-state index contributed by atoms with van der Waals surface area (Å²) in [4.78, 5) is 25.2. The number of anilines is 1. The molecule has 5 rings (SSSR count). The van der Waals surface area contributed by atoms with E-state index < -0.39 is 21.9 Å². The Morgan fingerprint density at radius 2 is 1.52 bits per heavy atom. The van der Waals surface area contributed by atoms with E-state index in [1.54, 1.807) is 42.5 Å². The van der Waals surface area contributed by atoms with Gasteiger partial charge in [0.2, 0.25) is 10.0 Å². The third kappa shape index (κ3) is 5.59. The number of hydrogen-bond donors (Lipinski definition) is 3. The van der Waals surface area contributed by atoms with Crippen molar-refractivity contribution < 1.29 is 27.9 Å². The molecule has 4 N–H and O–H groups in total. The highest BCUT2D eigenvalue weighted by Crippen LogP contribution is 2.37. The quantitative estimate of drug-likeness (QED) is 0.187. The van der Waals surface area contributed by atoms with Crippen LogP contribution < -0.4 is 15.2 Å². The Labute approximate surface area is 238 Å². The number of fused-ring (bicyclic) bond motifs is 1. The molecule has 8 nitrogen and oxygen atoms in total. The second kappa shape index (κ2) is 10.9. The first-order valence-corrected chi connectivity index (χ1v) is 14.2. The van der Waals surface area contributed by atoms with Crippen molar-refractivity contribution in [1.82, 2.24) is 0 Å². The highest BCUT2D eigenvalue weighted by molar-refractivity contribution is 9.10. The maximum absolute atomic E-state index is 13.2. The van der Waals surface area contributed by atoms with E-state index in [0.717, 1.165) is 15.2 Å². The van der Waals surface area contributed by atoms with Crippen molar-refractivity contribution in [3.8, 4) is 22.6 Å². The number of primary sulfonamides is 1. The fourth-order valence-electron chi connectivity index (χ4n) is 4.30. The number of rotatable bonds is 7. The maximum atomic E-state index is 13.2. The van der Waals surface area contributed by atoms with Crippen LogP contribution in [0.3, 0.4) is 0 Å². The van der Waals surface area contributed by atoms with Gasteiger partial charge in [-0.15, -0.1) is 0 Å². The van der Waals surface area contributed by atoms with Crippen molar-refractivity contribution in [2.45, 2.75) is 4.90 Å². The molecule has 0 unspecified atom stereocenters. The van der Waals surface area contributed by atoms with Crippen molar-refractivity contribution in [1.29, 1.82) is 0 Å². The normalized spacial score (nSPS) is 11.2. The second-order valence-electron chi connectivity index (χ2n) is 8.78. The SMILES string of the molecule is NS(=O)(=O)c1ccccc1-c1ccc(C(=O)Nc2c(Oc3cccc4cc(Br)ccc34)cccc2C(=O)O)cc1. The van der Waals surface area contributed by atoms with Gasteiger partial charge in [-0.3, -0.25) is 4.79 Å². The summed E-state index contributed by atoms with van der Waals surface area (Å²) in [7, 11) is -3.96. The number of nitrogens with two attached hydrogens (primary N) is 1. The number of ether oxygens (including phenoxy) is 1. The number of sulfonamides is 1. The number of aromatic carboxylic acids is 1. The highest BCUT2D eigenvalue weighted by Gasteiger charge is 2.20. The largest absolute Gasteiger partial charge is 0.478 e. The topological polar surface area (TPSA) is 136 Å². The average molecular weight is 617 g/mol. The third-order valence-electron chi connectivity index (χ3n) is 6.17. The zero-order valence-corrected chi connectivity index (χ0v) is 23.1. The first-order chi connectivity index (χ1) is 19.1. The van der Waals surface area contributed by atoms with Gasteiger partial charge in [-0.05, 0) is 65.5 Å². The lowest BCUT2D eigenvalue weighted by atomic mass is 10.0. The Hall–Kier alpha value is -4.51. The molecule has 40 heavy (non-hydrogen) atoms. The maximum Gasteiger partial charge on any atom is 0.337 e. The smallest absolute Gasteiger partial charge is 0.337 e. The lowest BCUT2D eigenvalue weighted by Gasteiger charge is -2.16. The van der Waals surface area contributed by atoms with Crippen LogP contribution in [-0.4, -0.2) is 25.4 Å². The summed E-state index contributed by atoms with van der Waals surface area (Å²) in [5.74, 6) is -1.17. The minimum Gasteiger partial charge on any atom is -0.478 e. The number of amides is 1. The Kier molecular flexibility index (Phi) is 7.40. The van der Waals surface area contributed by atoms with Gasteiger partial charge in [-0.2, -0.15) is 0 Å². The Morgan fingerprint density at radius 3 is 2.25 bits per heavy atom. The fraction of sp³-hybridized carbons (Fsp3) is 0. The summed E-state index contributed by atoms with van der Waals surface area (Å²) in [6.07, 6.45) is 0. The van der Waals surface area contributed by atoms with Crippen LogP contribution in [0.25, 0.3) is 21.9 Å². The first-order valence-electron chi connectivity index (χ1n) is 11.9. The van der Waals surface area contributed by atoms with Crippen LogP contribution in [0.15, 0.2) is 112 Å². The number of carbonyl (C=O) groups is 2. The van der Waals surface area contributed by atoms with Crippen LogP contribution in [0.5, 0.6) is 11.5 Å². The van der Waals surface area contributed by atoms with E-state index >= 15 is 0 Å². The molecule has 0 spiro atoms. The molecule has 1 amide bonds. The van der Waals surface area contributed by atoms with Crippen LogP contribution in [0.2, 0.25) is 0 Å². The van der Waals surface area contributed by atoms with Gasteiger partial charge in [0.15, 0.2) is 5.75 Å². The van der Waals surface area contributed by atoms with Crippen molar-refractivity contribution in [3.05, 3.63) is 119 Å². The van der Waals surface area contributed by atoms with Crippen LogP contribution in [0.4, 0.5) is 5.69 Å². The van der Waals surface area contributed by atoms with Crippen LogP contribution in [0, 0.1) is 0 Å². The second-order valence-corrected chi connectivity index (χ2v) is 11.2. The zero-order chi connectivity index (χ0) is 28.4. The average Bonchev–Trinajstić information content (AvgIpc) is 2.93. The monoisotopic (exact) mass is 616 g/mol. The summed E-state index contributed by atoms with van der Waals surface area (Å²) >= 11 is 3.45. The van der Waals surface area contributed by atoms with Gasteiger partial charge in [-0.1, -0.05) is 64.5 Å². The number of para-hydroxylation sites is 1. The Bertz CT molecular complexity index is 1890. The number of carboxylic acids is 1. The summed E-state index contributed by atoms with van der Waals surface area (Å²) in [5, 5.41) is 19.6. The Balaban J connectivity index is 1.48. The number of benzene rings is 5. The highest BCUT2D eigenvalue weighted by atomic mass is 79.9. The minimum atomic E-state index is -3.96. The molecule has 0 radical (unpaired) electrons. The van der Waals surface area contributed by atoms with Gasteiger partial charge < -0.3 is 15.2 Å². The molecule has 0 aromatic heterocycles. The van der Waals surface area contributed by atoms with E-state index in [1.807, 2.05) is 30.3 Å². The minimum absolute atomic E-state index is 0.00207. The third-order valence-corrected chi connectivity index (χ3v) is 7.63. The number of hydrogen-bond acceptors (Lipinski definition) is 5. The van der Waals surface area contributed by atoms with Crippen molar-refractivity contribution >= 4 is 54.3 Å². The molecule has 5 aromatic rings. The lowest BCUT2D eigenvalue weighted by Crippen LogP contribution is -2.16. The molecule has 0 fully saturated rings. The van der Waals surface area contributed by atoms with Gasteiger partial charge in [0.25, 0.3) is 5.91 Å². The number of halogens is 1. The molecule has 200 valence electrons. The zero-order valence-electron chi connectivity index (χ0n) is 20.7. The molecule has 0 aliphatic carbocycles. The molecule has 0 saturated carbocycles. The molecular formula is C30H21BrN2O6S. The van der Waals surface area contributed by atoms with Crippen molar-refractivity contribution in [2.24, 2.45) is 5.14 Å². The van der Waals surface area contributed by atoms with Crippen molar-refractivity contribution in [3.63, 3.8) is 0 Å². The van der Waals surface area contributed by atoms with Crippen molar-refractivity contribution in [2.75, 3.05) is 5.32 Å². The van der Waals surface area contributed by atoms with E-state index in [0.29, 0.717) is 16.9 Å². The summed E-state index contributed by atoms with van der Waals surface area (Å²) in [6, 6.07) is 28.2. The predicted octanol–water partition coefficient (Wildman–Crippen LogP) is 6.66. The number of carboxylic acid groups (broad SMARTS) is 1. The van der Waals surface area contributed by atoms with E-state index in [9.17, 15) is 23.1 Å². The molecule has 0 heterocycles. The van der Waals surface area contributed by atoms with E-state index in [1.165, 1.54) is 30.3 Å². The lowest BCUT2D eigenvalue weighted by molar-refractivity contribution is 0.0697. The first kappa shape index (κ1) is 27.1. The van der Waals surface area contributed by atoms with E-state index in [4.69, 9.17) is 9.88 Å². The molecule has 0 bridgehead atoms. The molecule has 10 heteroatoms. The molecular weight excluding hydrogens is 596 g/mol. The molecule has 0 atom stereocenters.